The van der Waals surface area contributed by atoms with Crippen LogP contribution in [0.3, 0.4) is 0 Å². The minimum atomic E-state index is -5.02. The number of hydrogen-bond donors (Lipinski definition) is 0. The van der Waals surface area contributed by atoms with Crippen LogP contribution in [0.4, 0.5) is 13.2 Å². The second-order valence-corrected chi connectivity index (χ2v) is 4.49. The number of carbonyl (C=O) groups excluding carboxylic acids is 1. The number of carbonyl (C=O) groups is 1. The fraction of sp³-hybridized carbons (Fsp3) is 0.222. The molecular formula is C9H4Cl3F3O2. The van der Waals surface area contributed by atoms with Crippen molar-refractivity contribution < 1.29 is 22.7 Å². The summed E-state index contributed by atoms with van der Waals surface area (Å²) in [5, 5.41) is -0.980. The summed E-state index contributed by atoms with van der Waals surface area (Å²) in [7, 11) is 0. The smallest absolute Gasteiger partial charge is 0.450 e. The van der Waals surface area contributed by atoms with Gasteiger partial charge in [0.15, 0.2) is 0 Å². The number of halogens is 6. The van der Waals surface area contributed by atoms with Gasteiger partial charge in [0.1, 0.15) is 5.75 Å². The number of para-hydroxylation sites is 1. The van der Waals surface area contributed by atoms with E-state index in [0.717, 1.165) is 6.07 Å². The first kappa shape index (κ1) is 14.4. The van der Waals surface area contributed by atoms with Crippen LogP contribution in [0.25, 0.3) is 0 Å². The fourth-order valence-corrected chi connectivity index (χ4v) is 1.24. The van der Waals surface area contributed by atoms with E-state index in [0.29, 0.717) is 0 Å². The Hall–Kier alpha value is -0.650. The van der Waals surface area contributed by atoms with Crippen molar-refractivity contribution in [3.05, 3.63) is 29.8 Å². The molecule has 0 fully saturated rings. The van der Waals surface area contributed by atoms with Crippen LogP contribution < -0.4 is 4.74 Å². The summed E-state index contributed by atoms with van der Waals surface area (Å²) in [6.07, 6.45) is -5.02. The third kappa shape index (κ3) is 3.40. The van der Waals surface area contributed by atoms with Crippen molar-refractivity contribution in [2.75, 3.05) is 0 Å². The lowest BCUT2D eigenvalue weighted by atomic mass is 10.2. The van der Waals surface area contributed by atoms with Crippen molar-refractivity contribution in [1.29, 1.82) is 0 Å². The van der Waals surface area contributed by atoms with Crippen LogP contribution in [0.2, 0.25) is 0 Å². The van der Waals surface area contributed by atoms with Gasteiger partial charge in [-0.3, -0.25) is 4.79 Å². The molecule has 94 valence electrons. The molecule has 0 radical (unpaired) electrons. The Labute approximate surface area is 109 Å². The van der Waals surface area contributed by atoms with Crippen LogP contribution in [-0.4, -0.2) is 15.9 Å². The number of rotatable bonds is 3. The van der Waals surface area contributed by atoms with Crippen LogP contribution in [0.15, 0.2) is 24.3 Å². The van der Waals surface area contributed by atoms with Crippen LogP contribution in [-0.2, 0) is 0 Å². The average molecular weight is 307 g/mol. The molecule has 0 atom stereocenters. The van der Waals surface area contributed by atoms with E-state index in [2.05, 4.69) is 4.74 Å². The predicted molar refractivity (Wildman–Crippen MR) is 57.7 cm³/mol. The molecule has 2 nitrogen and oxygen atoms in total. The molecule has 0 amide bonds. The van der Waals surface area contributed by atoms with Crippen LogP contribution >= 0.6 is 34.8 Å². The SMILES string of the molecule is O=C(Cl)c1ccccc1OC(Cl)(Cl)C(F)(F)F. The highest BCUT2D eigenvalue weighted by Crippen LogP contribution is 2.42. The lowest BCUT2D eigenvalue weighted by Crippen LogP contribution is -2.40. The van der Waals surface area contributed by atoms with E-state index in [-0.39, 0.29) is 5.56 Å². The molecule has 1 aromatic carbocycles. The van der Waals surface area contributed by atoms with Crippen molar-refractivity contribution >= 4 is 40.0 Å². The summed E-state index contributed by atoms with van der Waals surface area (Å²) in [4.78, 5) is 10.9. The van der Waals surface area contributed by atoms with Gasteiger partial charge in [-0.05, 0) is 46.9 Å². The average Bonchev–Trinajstić information content (AvgIpc) is 2.15. The topological polar surface area (TPSA) is 26.3 Å². The maximum Gasteiger partial charge on any atom is 0.459 e. The van der Waals surface area contributed by atoms with E-state index in [4.69, 9.17) is 34.8 Å². The molecule has 1 aromatic rings. The monoisotopic (exact) mass is 306 g/mol. The third-order valence-corrected chi connectivity index (χ3v) is 2.45. The normalized spacial score (nSPS) is 12.4. The van der Waals surface area contributed by atoms with Crippen molar-refractivity contribution in [2.24, 2.45) is 0 Å². The molecule has 0 saturated heterocycles. The van der Waals surface area contributed by atoms with Gasteiger partial charge in [-0.25, -0.2) is 0 Å². The van der Waals surface area contributed by atoms with E-state index >= 15 is 0 Å². The summed E-state index contributed by atoms with van der Waals surface area (Å²) >= 11 is 15.1. The van der Waals surface area contributed by atoms with Gasteiger partial charge in [0.25, 0.3) is 5.24 Å². The molecule has 0 aliphatic rings. The second kappa shape index (κ2) is 4.92. The third-order valence-electron chi connectivity index (χ3n) is 1.67. The van der Waals surface area contributed by atoms with E-state index < -0.39 is 21.7 Å². The first-order chi connectivity index (χ1) is 7.65. The first-order valence-electron chi connectivity index (χ1n) is 4.07. The summed E-state index contributed by atoms with van der Waals surface area (Å²) in [6, 6.07) is 5.03. The molecule has 0 heterocycles. The van der Waals surface area contributed by atoms with Gasteiger partial charge in [-0.1, -0.05) is 12.1 Å². The molecule has 0 aromatic heterocycles. The van der Waals surface area contributed by atoms with Crippen molar-refractivity contribution in [1.82, 2.24) is 0 Å². The van der Waals surface area contributed by atoms with Gasteiger partial charge in [0.05, 0.1) is 5.56 Å². The summed E-state index contributed by atoms with van der Waals surface area (Å²) in [5.41, 5.74) is -0.260. The minimum Gasteiger partial charge on any atom is -0.450 e. The zero-order valence-electron chi connectivity index (χ0n) is 7.89. The highest BCUT2D eigenvalue weighted by atomic mass is 35.5. The molecule has 0 aliphatic heterocycles. The van der Waals surface area contributed by atoms with Crippen LogP contribution in [0.1, 0.15) is 10.4 Å². The molecule has 0 aliphatic carbocycles. The highest BCUT2D eigenvalue weighted by Gasteiger charge is 2.56. The van der Waals surface area contributed by atoms with E-state index in [1.807, 2.05) is 0 Å². The minimum absolute atomic E-state index is 0.260. The Morgan fingerprint density at radius 3 is 2.18 bits per heavy atom. The molecule has 0 unspecified atom stereocenters. The molecule has 8 heteroatoms. The molecule has 0 saturated carbocycles. The van der Waals surface area contributed by atoms with Crippen LogP contribution in [0.5, 0.6) is 5.75 Å². The summed E-state index contributed by atoms with van der Waals surface area (Å²) < 4.78 is 37.9. The molecule has 0 bridgehead atoms. The van der Waals surface area contributed by atoms with Gasteiger partial charge in [-0.15, -0.1) is 0 Å². The van der Waals surface area contributed by atoms with Crippen molar-refractivity contribution in [3.63, 3.8) is 0 Å². The van der Waals surface area contributed by atoms with Gasteiger partial charge in [-0.2, -0.15) is 13.2 Å². The number of benzene rings is 1. The zero-order chi connectivity index (χ0) is 13.3. The predicted octanol–water partition coefficient (Wildman–Crippen LogP) is 4.14. The Morgan fingerprint density at radius 1 is 1.18 bits per heavy atom. The van der Waals surface area contributed by atoms with Crippen LogP contribution in [0, 0.1) is 0 Å². The maximum atomic E-state index is 12.3. The number of ether oxygens (including phenoxy) is 1. The quantitative estimate of drug-likeness (QED) is 0.620. The lowest BCUT2D eigenvalue weighted by molar-refractivity contribution is -0.185. The largest absolute Gasteiger partial charge is 0.459 e. The standard InChI is InChI=1S/C9H4Cl3F3O2/c10-7(16)5-3-1-2-4-6(5)17-8(11,12)9(13,14)15/h1-4H. The Kier molecular flexibility index (Phi) is 4.17. The van der Waals surface area contributed by atoms with E-state index in [1.165, 1.54) is 18.2 Å². The van der Waals surface area contributed by atoms with Gasteiger partial charge in [0, 0.05) is 0 Å². The number of hydrogen-bond acceptors (Lipinski definition) is 2. The first-order valence-corrected chi connectivity index (χ1v) is 5.21. The van der Waals surface area contributed by atoms with E-state index in [9.17, 15) is 18.0 Å². The van der Waals surface area contributed by atoms with Gasteiger partial charge >= 0.3 is 10.7 Å². The van der Waals surface area contributed by atoms with E-state index in [1.54, 1.807) is 0 Å². The van der Waals surface area contributed by atoms with Gasteiger partial charge < -0.3 is 4.74 Å². The lowest BCUT2D eigenvalue weighted by Gasteiger charge is -2.24. The summed E-state index contributed by atoms with van der Waals surface area (Å²) in [6.45, 7) is 0. The van der Waals surface area contributed by atoms with Crippen molar-refractivity contribution in [2.45, 2.75) is 10.7 Å². The Bertz CT molecular complexity index is 432. The zero-order valence-corrected chi connectivity index (χ0v) is 10.2. The molecule has 17 heavy (non-hydrogen) atoms. The molecule has 0 N–H and O–H groups in total. The number of alkyl halides is 5. The molecule has 1 rings (SSSR count). The van der Waals surface area contributed by atoms with Crippen molar-refractivity contribution in [3.8, 4) is 5.75 Å². The Balaban J connectivity index is 3.08. The highest BCUT2D eigenvalue weighted by molar-refractivity contribution is 6.68. The second-order valence-electron chi connectivity index (χ2n) is 2.89. The maximum absolute atomic E-state index is 12.3. The Morgan fingerprint density at radius 2 is 1.71 bits per heavy atom. The molecular weight excluding hydrogens is 303 g/mol. The summed E-state index contributed by atoms with van der Waals surface area (Å²) in [5.74, 6) is -0.449. The van der Waals surface area contributed by atoms with Gasteiger partial charge in [0.2, 0.25) is 0 Å². The molecule has 0 spiro atoms. The fourth-order valence-electron chi connectivity index (χ4n) is 0.914.